The minimum Gasteiger partial charge on any atom is -0.507 e. The molecule has 0 saturated carbocycles. The highest BCUT2D eigenvalue weighted by molar-refractivity contribution is 5.96. The standard InChI is InChI=1S/C11H12O4/c1-6-8(14-2)5-7-3-4-15-11(13)9(7)10(6)12/h5,12H,3-4H2,1-2H3. The van der Waals surface area contributed by atoms with Crippen molar-refractivity contribution in [3.63, 3.8) is 0 Å². The molecule has 0 bridgehead atoms. The van der Waals surface area contributed by atoms with Crippen LogP contribution in [0.25, 0.3) is 0 Å². The Morgan fingerprint density at radius 2 is 2.27 bits per heavy atom. The molecule has 1 aliphatic heterocycles. The molecule has 1 aromatic rings. The topological polar surface area (TPSA) is 55.8 Å². The molecule has 2 rings (SSSR count). The fourth-order valence-electron chi connectivity index (χ4n) is 1.76. The lowest BCUT2D eigenvalue weighted by molar-refractivity contribution is 0.0476. The fourth-order valence-corrected chi connectivity index (χ4v) is 1.76. The van der Waals surface area contributed by atoms with E-state index < -0.39 is 5.97 Å². The Labute approximate surface area is 87.4 Å². The van der Waals surface area contributed by atoms with Gasteiger partial charge in [0.15, 0.2) is 0 Å². The van der Waals surface area contributed by atoms with Gasteiger partial charge in [-0.1, -0.05) is 0 Å². The lowest BCUT2D eigenvalue weighted by Gasteiger charge is -2.19. The molecular weight excluding hydrogens is 196 g/mol. The zero-order chi connectivity index (χ0) is 11.0. The van der Waals surface area contributed by atoms with E-state index in [1.54, 1.807) is 13.0 Å². The zero-order valence-corrected chi connectivity index (χ0v) is 8.66. The van der Waals surface area contributed by atoms with Gasteiger partial charge in [0.25, 0.3) is 0 Å². The van der Waals surface area contributed by atoms with Crippen LogP contribution in [-0.4, -0.2) is 24.8 Å². The summed E-state index contributed by atoms with van der Waals surface area (Å²) >= 11 is 0. The molecule has 1 aromatic carbocycles. The molecule has 0 aromatic heterocycles. The molecule has 0 radical (unpaired) electrons. The lowest BCUT2D eigenvalue weighted by Crippen LogP contribution is -2.18. The molecule has 1 aliphatic rings. The van der Waals surface area contributed by atoms with Gasteiger partial charge in [0.1, 0.15) is 17.1 Å². The molecule has 1 heterocycles. The van der Waals surface area contributed by atoms with Crippen LogP contribution >= 0.6 is 0 Å². The number of ether oxygens (including phenoxy) is 2. The van der Waals surface area contributed by atoms with E-state index in [0.717, 1.165) is 5.56 Å². The van der Waals surface area contributed by atoms with E-state index in [2.05, 4.69) is 0 Å². The average Bonchev–Trinajstić information content (AvgIpc) is 2.23. The second-order valence-corrected chi connectivity index (χ2v) is 3.47. The smallest absolute Gasteiger partial charge is 0.342 e. The van der Waals surface area contributed by atoms with Crippen LogP contribution in [0.2, 0.25) is 0 Å². The quantitative estimate of drug-likeness (QED) is 0.709. The minimum absolute atomic E-state index is 0.0333. The van der Waals surface area contributed by atoms with E-state index >= 15 is 0 Å². The first-order chi connectivity index (χ1) is 7.15. The van der Waals surface area contributed by atoms with Crippen LogP contribution in [0, 0.1) is 6.92 Å². The van der Waals surface area contributed by atoms with E-state index in [9.17, 15) is 9.90 Å². The molecule has 0 fully saturated rings. The fraction of sp³-hybridized carbons (Fsp3) is 0.364. The van der Waals surface area contributed by atoms with Crippen LogP contribution in [0.3, 0.4) is 0 Å². The van der Waals surface area contributed by atoms with Crippen LogP contribution in [0.1, 0.15) is 21.5 Å². The predicted octanol–water partition coefficient (Wildman–Crippen LogP) is 1.42. The molecule has 0 amide bonds. The first-order valence-corrected chi connectivity index (χ1v) is 4.71. The van der Waals surface area contributed by atoms with Crippen molar-refractivity contribution in [1.82, 2.24) is 0 Å². The molecular formula is C11H12O4. The number of phenolic OH excluding ortho intramolecular Hbond substituents is 1. The third-order valence-corrected chi connectivity index (χ3v) is 2.62. The first kappa shape index (κ1) is 9.83. The van der Waals surface area contributed by atoms with Gasteiger partial charge in [0.05, 0.1) is 13.7 Å². The summed E-state index contributed by atoms with van der Waals surface area (Å²) in [5, 5.41) is 9.84. The molecule has 0 unspecified atom stereocenters. The molecule has 0 spiro atoms. The summed E-state index contributed by atoms with van der Waals surface area (Å²) in [6.07, 6.45) is 0.616. The summed E-state index contributed by atoms with van der Waals surface area (Å²) in [6, 6.07) is 1.78. The first-order valence-electron chi connectivity index (χ1n) is 4.71. The van der Waals surface area contributed by atoms with Gasteiger partial charge in [0, 0.05) is 12.0 Å². The van der Waals surface area contributed by atoms with Gasteiger partial charge < -0.3 is 14.6 Å². The van der Waals surface area contributed by atoms with E-state index in [1.165, 1.54) is 7.11 Å². The number of aromatic hydroxyl groups is 1. The lowest BCUT2D eigenvalue weighted by atomic mass is 9.98. The summed E-state index contributed by atoms with van der Waals surface area (Å²) in [5.74, 6) is 0.106. The molecule has 0 atom stereocenters. The molecule has 4 nitrogen and oxygen atoms in total. The molecule has 80 valence electrons. The Hall–Kier alpha value is -1.71. The zero-order valence-electron chi connectivity index (χ0n) is 8.66. The number of hydrogen-bond donors (Lipinski definition) is 1. The van der Waals surface area contributed by atoms with Gasteiger partial charge in [-0.05, 0) is 18.6 Å². The highest BCUT2D eigenvalue weighted by Crippen LogP contribution is 2.35. The van der Waals surface area contributed by atoms with Gasteiger partial charge in [-0.2, -0.15) is 0 Å². The average molecular weight is 208 g/mol. The number of phenols is 1. The number of benzene rings is 1. The summed E-state index contributed by atoms with van der Waals surface area (Å²) in [4.78, 5) is 11.4. The molecule has 1 N–H and O–H groups in total. The predicted molar refractivity (Wildman–Crippen MR) is 53.4 cm³/mol. The maximum Gasteiger partial charge on any atom is 0.342 e. The number of fused-ring (bicyclic) bond motifs is 1. The number of rotatable bonds is 1. The number of carbonyl (C=O) groups excluding carboxylic acids is 1. The third-order valence-electron chi connectivity index (χ3n) is 2.62. The Kier molecular flexibility index (Phi) is 2.26. The summed E-state index contributed by atoms with van der Waals surface area (Å²) < 4.78 is 9.99. The third kappa shape index (κ3) is 1.42. The van der Waals surface area contributed by atoms with Crippen LogP contribution in [0.4, 0.5) is 0 Å². The normalized spacial score (nSPS) is 14.4. The van der Waals surface area contributed by atoms with Crippen LogP contribution in [-0.2, 0) is 11.2 Å². The number of methoxy groups -OCH3 is 1. The van der Waals surface area contributed by atoms with E-state index in [4.69, 9.17) is 9.47 Å². The second kappa shape index (κ2) is 3.46. The summed E-state index contributed by atoms with van der Waals surface area (Å²) in [7, 11) is 1.54. The van der Waals surface area contributed by atoms with Crippen LogP contribution in [0.15, 0.2) is 6.07 Å². The van der Waals surface area contributed by atoms with Gasteiger partial charge in [0.2, 0.25) is 0 Å². The van der Waals surface area contributed by atoms with Gasteiger partial charge in [-0.25, -0.2) is 4.79 Å². The largest absolute Gasteiger partial charge is 0.507 e. The highest BCUT2D eigenvalue weighted by atomic mass is 16.5. The van der Waals surface area contributed by atoms with Gasteiger partial charge in [-0.3, -0.25) is 0 Å². The second-order valence-electron chi connectivity index (χ2n) is 3.47. The maximum atomic E-state index is 11.4. The van der Waals surface area contributed by atoms with Crippen molar-refractivity contribution in [2.75, 3.05) is 13.7 Å². The molecule has 15 heavy (non-hydrogen) atoms. The number of carbonyl (C=O) groups is 1. The van der Waals surface area contributed by atoms with Gasteiger partial charge >= 0.3 is 5.97 Å². The SMILES string of the molecule is COc1cc2c(c(O)c1C)C(=O)OCC2. The van der Waals surface area contributed by atoms with Crippen molar-refractivity contribution >= 4 is 5.97 Å². The van der Waals surface area contributed by atoms with Crippen molar-refractivity contribution in [3.05, 3.63) is 22.8 Å². The highest BCUT2D eigenvalue weighted by Gasteiger charge is 2.25. The molecule has 4 heteroatoms. The maximum absolute atomic E-state index is 11.4. The Balaban J connectivity index is 2.66. The molecule has 0 aliphatic carbocycles. The van der Waals surface area contributed by atoms with E-state index in [1.807, 2.05) is 0 Å². The summed E-state index contributed by atoms with van der Waals surface area (Å²) in [6.45, 7) is 2.06. The number of cyclic esters (lactones) is 1. The Bertz CT molecular complexity index is 423. The summed E-state index contributed by atoms with van der Waals surface area (Å²) in [5.41, 5.74) is 1.63. The van der Waals surface area contributed by atoms with Crippen molar-refractivity contribution in [2.45, 2.75) is 13.3 Å². The van der Waals surface area contributed by atoms with Crippen molar-refractivity contribution in [3.8, 4) is 11.5 Å². The monoisotopic (exact) mass is 208 g/mol. The molecule has 0 saturated heterocycles. The van der Waals surface area contributed by atoms with Crippen LogP contribution in [0.5, 0.6) is 11.5 Å². The minimum atomic E-state index is -0.459. The van der Waals surface area contributed by atoms with E-state index in [-0.39, 0.29) is 11.3 Å². The van der Waals surface area contributed by atoms with E-state index in [0.29, 0.717) is 24.3 Å². The van der Waals surface area contributed by atoms with Crippen molar-refractivity contribution in [1.29, 1.82) is 0 Å². The van der Waals surface area contributed by atoms with Crippen LogP contribution < -0.4 is 4.74 Å². The van der Waals surface area contributed by atoms with Crippen molar-refractivity contribution in [2.24, 2.45) is 0 Å². The van der Waals surface area contributed by atoms with Crippen molar-refractivity contribution < 1.29 is 19.4 Å². The Morgan fingerprint density at radius 3 is 2.93 bits per heavy atom. The Morgan fingerprint density at radius 1 is 1.53 bits per heavy atom. The number of esters is 1. The van der Waals surface area contributed by atoms with Gasteiger partial charge in [-0.15, -0.1) is 0 Å². The number of hydrogen-bond acceptors (Lipinski definition) is 4.